The first kappa shape index (κ1) is 41.9. The lowest BCUT2D eigenvalue weighted by Crippen LogP contribution is -2.51. The van der Waals surface area contributed by atoms with E-state index in [1.54, 1.807) is 31.2 Å². The van der Waals surface area contributed by atoms with E-state index in [2.05, 4.69) is 44.7 Å². The second-order valence-electron chi connectivity index (χ2n) is 21.8. The third kappa shape index (κ3) is 8.19. The van der Waals surface area contributed by atoms with E-state index in [1.807, 2.05) is 24.6 Å². The van der Waals surface area contributed by atoms with Gasteiger partial charge in [-0.15, -0.1) is 0 Å². The number of carbonyl (C=O) groups excluding carboxylic acids is 2. The van der Waals surface area contributed by atoms with Crippen LogP contribution in [0.3, 0.4) is 0 Å². The SMILES string of the molecule is C[C@@]1(O)CC[C@H]2[C@@H](CC[C@@H]3[C@@H]2CC[C@]2(C)[C@@H](C(=O)CBr)CC[C@@H]32)C1.C[C@@]1(O)CC[C@H]2[C@@H](CC[C@@H]3[C@@H]2CC[C@]2(C)[C@@H](C(=O)Cn4ccnc4)CC[C@@H]32)C1.c1c[nH]cn1. The fraction of sp³-hybridized carbons (Fsp3) is 0.833. The predicted octanol–water partition coefficient (Wildman–Crippen LogP) is 9.85. The van der Waals surface area contributed by atoms with Gasteiger partial charge in [0.1, 0.15) is 5.78 Å². The monoisotopic (exact) mass is 848 g/mol. The molecule has 8 aliphatic carbocycles. The van der Waals surface area contributed by atoms with Crippen LogP contribution in [0.5, 0.6) is 0 Å². The normalized spacial score (nSPS) is 46.9. The Labute approximate surface area is 351 Å². The summed E-state index contributed by atoms with van der Waals surface area (Å²) < 4.78 is 1.93. The van der Waals surface area contributed by atoms with Crippen molar-refractivity contribution in [3.63, 3.8) is 0 Å². The van der Waals surface area contributed by atoms with Gasteiger partial charge in [0.15, 0.2) is 5.78 Å². The first-order valence-corrected chi connectivity index (χ1v) is 24.3. The second-order valence-corrected chi connectivity index (χ2v) is 22.3. The quantitative estimate of drug-likeness (QED) is 0.258. The smallest absolute Gasteiger partial charge is 0.156 e. The molecule has 0 amide bonds. The van der Waals surface area contributed by atoms with Crippen molar-refractivity contribution < 1.29 is 19.8 Å². The Bertz CT molecular complexity index is 1640. The standard InChI is InChI=1S/C24H36N2O2.C21H33BrO2.C3H4N2/c1-23(28)9-7-17-16(13-23)3-4-19-18(17)8-10-24(2)20(19)5-6-21(24)22(27)14-26-12-11-25-15-26;1-20(24)9-7-14-13(11-20)3-4-16-15(14)8-10-21(2)17(16)5-6-18(21)19(23)12-22;1-2-5-3-4-1/h11-12,15-21,28H,3-10,13-14H2,1-2H3;13-18,24H,3-12H2,1-2H3;1-3H,(H,4,5)/t16-,17-,18+,19+,20-,21+,23+,24-;13-,14-,15+,16+,17-,18+,20+,21-;/m00./s1. The minimum Gasteiger partial charge on any atom is -0.390 e. The number of imidazole rings is 2. The van der Waals surface area contributed by atoms with Crippen molar-refractivity contribution in [2.24, 2.45) is 81.8 Å². The summed E-state index contributed by atoms with van der Waals surface area (Å²) in [5.41, 5.74) is -0.391. The number of ketones is 2. The van der Waals surface area contributed by atoms with Crippen molar-refractivity contribution in [2.75, 3.05) is 5.33 Å². The van der Waals surface area contributed by atoms with Crippen LogP contribution in [-0.4, -0.2) is 57.8 Å². The molecule has 8 aliphatic rings. The topological polar surface area (TPSA) is 121 Å². The summed E-state index contributed by atoms with van der Waals surface area (Å²) in [6, 6.07) is 0. The lowest BCUT2D eigenvalue weighted by Gasteiger charge is -2.56. The maximum absolute atomic E-state index is 13.2. The molecule has 0 spiro atoms. The van der Waals surface area contributed by atoms with Gasteiger partial charge in [0.05, 0.1) is 35.7 Å². The highest BCUT2D eigenvalue weighted by atomic mass is 79.9. The molecule has 2 heterocycles. The Morgan fingerprint density at radius 3 is 1.61 bits per heavy atom. The number of rotatable bonds is 5. The molecule has 8 nitrogen and oxygen atoms in total. The number of hydrogen-bond acceptors (Lipinski definition) is 6. The zero-order chi connectivity index (χ0) is 40.2. The van der Waals surface area contributed by atoms with Crippen LogP contribution in [0.25, 0.3) is 0 Å². The number of fused-ring (bicyclic) bond motifs is 10. The molecule has 0 bridgehead atoms. The largest absolute Gasteiger partial charge is 0.390 e. The second kappa shape index (κ2) is 16.6. The molecule has 3 N–H and O–H groups in total. The number of H-pyrrole nitrogens is 1. The highest BCUT2D eigenvalue weighted by Gasteiger charge is 2.60. The van der Waals surface area contributed by atoms with Gasteiger partial charge in [-0.2, -0.15) is 0 Å². The molecule has 0 aliphatic heterocycles. The van der Waals surface area contributed by atoms with Gasteiger partial charge in [-0.25, -0.2) is 9.97 Å². The Hall–Kier alpha value is -1.84. The van der Waals surface area contributed by atoms with E-state index < -0.39 is 11.2 Å². The molecule has 16 atom stereocenters. The van der Waals surface area contributed by atoms with Gasteiger partial charge in [-0.3, -0.25) is 9.59 Å². The van der Waals surface area contributed by atoms with Gasteiger partial charge >= 0.3 is 0 Å². The van der Waals surface area contributed by atoms with Crippen LogP contribution >= 0.6 is 15.9 Å². The summed E-state index contributed by atoms with van der Waals surface area (Å²) in [6.45, 7) is 9.45. The van der Waals surface area contributed by atoms with Crippen LogP contribution in [-0.2, 0) is 16.1 Å². The lowest BCUT2D eigenvalue weighted by molar-refractivity contribution is -0.133. The van der Waals surface area contributed by atoms with E-state index in [0.29, 0.717) is 29.4 Å². The third-order valence-corrected chi connectivity index (χ3v) is 19.2. The number of hydrogen-bond donors (Lipinski definition) is 3. The number of aliphatic hydroxyl groups is 2. The van der Waals surface area contributed by atoms with Gasteiger partial charge in [-0.1, -0.05) is 29.8 Å². The fourth-order valence-electron chi connectivity index (χ4n) is 16.2. The maximum Gasteiger partial charge on any atom is 0.156 e. The highest BCUT2D eigenvalue weighted by molar-refractivity contribution is 9.09. The van der Waals surface area contributed by atoms with E-state index in [9.17, 15) is 19.8 Å². The Morgan fingerprint density at radius 1 is 0.649 bits per heavy atom. The number of nitrogens with zero attached hydrogens (tertiary/aromatic N) is 3. The molecule has 0 unspecified atom stereocenters. The third-order valence-electron chi connectivity index (χ3n) is 18.7. The molecule has 316 valence electrons. The average Bonchev–Trinajstić information content (AvgIpc) is 4.02. The molecule has 0 aromatic carbocycles. The molecule has 0 radical (unpaired) electrons. The maximum atomic E-state index is 13.2. The minimum atomic E-state index is -0.435. The van der Waals surface area contributed by atoms with Gasteiger partial charge in [0, 0.05) is 36.6 Å². The Morgan fingerprint density at radius 2 is 1.18 bits per heavy atom. The molecular formula is C48H73BrN4O4. The van der Waals surface area contributed by atoms with Crippen molar-refractivity contribution in [3.8, 4) is 0 Å². The number of Topliss-reactive ketones (excluding diaryl/α,β-unsaturated/α-hetero) is 2. The Kier molecular flexibility index (Phi) is 12.2. The fourth-order valence-corrected chi connectivity index (χ4v) is 16.6. The number of aromatic nitrogens is 4. The zero-order valence-electron chi connectivity index (χ0n) is 35.5. The summed E-state index contributed by atoms with van der Waals surface area (Å²) in [7, 11) is 0. The average molecular weight is 850 g/mol. The number of carbonyl (C=O) groups is 2. The van der Waals surface area contributed by atoms with Crippen molar-refractivity contribution in [1.29, 1.82) is 0 Å². The van der Waals surface area contributed by atoms with Gasteiger partial charge < -0.3 is 19.8 Å². The van der Waals surface area contributed by atoms with Gasteiger partial charge in [0.25, 0.3) is 0 Å². The number of halogens is 1. The minimum absolute atomic E-state index is 0.200. The van der Waals surface area contributed by atoms with Crippen LogP contribution in [0.1, 0.15) is 143 Å². The molecule has 2 aromatic rings. The zero-order valence-corrected chi connectivity index (χ0v) is 37.1. The van der Waals surface area contributed by atoms with Crippen LogP contribution in [0, 0.1) is 81.8 Å². The van der Waals surface area contributed by atoms with E-state index in [1.165, 1.54) is 77.0 Å². The summed E-state index contributed by atoms with van der Waals surface area (Å²) in [4.78, 5) is 36.1. The molecule has 10 rings (SSSR count). The van der Waals surface area contributed by atoms with Crippen molar-refractivity contribution in [2.45, 2.75) is 161 Å². The molecule has 8 saturated carbocycles. The number of aromatic amines is 1. The Balaban J connectivity index is 0.000000143. The van der Waals surface area contributed by atoms with Crippen LogP contribution in [0.2, 0.25) is 0 Å². The van der Waals surface area contributed by atoms with Crippen LogP contribution in [0.4, 0.5) is 0 Å². The van der Waals surface area contributed by atoms with E-state index >= 15 is 0 Å². The van der Waals surface area contributed by atoms with Crippen molar-refractivity contribution in [1.82, 2.24) is 19.5 Å². The van der Waals surface area contributed by atoms with Gasteiger partial charge in [-0.05, 0) is 199 Å². The van der Waals surface area contributed by atoms with E-state index in [4.69, 9.17) is 0 Å². The number of nitrogens with one attached hydrogen (secondary N) is 1. The van der Waals surface area contributed by atoms with E-state index in [0.717, 1.165) is 97.7 Å². The summed E-state index contributed by atoms with van der Waals surface area (Å²) in [5.74, 6) is 9.42. The molecule has 0 saturated heterocycles. The highest BCUT2D eigenvalue weighted by Crippen LogP contribution is 2.66. The first-order valence-electron chi connectivity index (χ1n) is 23.2. The summed E-state index contributed by atoms with van der Waals surface area (Å²) in [6.07, 6.45) is 32.1. The lowest BCUT2D eigenvalue weighted by atomic mass is 9.49. The van der Waals surface area contributed by atoms with E-state index in [-0.39, 0.29) is 16.7 Å². The summed E-state index contributed by atoms with van der Waals surface area (Å²) in [5, 5.41) is 21.6. The summed E-state index contributed by atoms with van der Waals surface area (Å²) >= 11 is 3.42. The van der Waals surface area contributed by atoms with Crippen LogP contribution < -0.4 is 0 Å². The molecule has 2 aromatic heterocycles. The van der Waals surface area contributed by atoms with Crippen LogP contribution in [0.15, 0.2) is 37.4 Å². The van der Waals surface area contributed by atoms with Crippen molar-refractivity contribution in [3.05, 3.63) is 37.4 Å². The first-order chi connectivity index (χ1) is 27.2. The van der Waals surface area contributed by atoms with Crippen molar-refractivity contribution >= 4 is 27.5 Å². The molecular weight excluding hydrogens is 776 g/mol. The molecule has 9 heteroatoms. The van der Waals surface area contributed by atoms with Gasteiger partial charge in [0.2, 0.25) is 0 Å². The molecule has 8 fully saturated rings. The number of alkyl halides is 1. The molecule has 57 heavy (non-hydrogen) atoms. The predicted molar refractivity (Wildman–Crippen MR) is 227 cm³/mol.